The number of hydrogen-bond acceptors (Lipinski definition) is 3. The molecule has 0 aliphatic rings. The maximum absolute atomic E-state index is 12.7. The van der Waals surface area contributed by atoms with E-state index in [1.165, 1.54) is 24.3 Å². The second-order valence-corrected chi connectivity index (χ2v) is 4.85. The first-order valence-electron chi connectivity index (χ1n) is 6.80. The summed E-state index contributed by atoms with van der Waals surface area (Å²) in [7, 11) is 0. The number of hydrazone groups is 1. The van der Waals surface area contributed by atoms with Crippen LogP contribution < -0.4 is 10.7 Å². The molecule has 0 saturated carbocycles. The highest BCUT2D eigenvalue weighted by Crippen LogP contribution is 2.02. The van der Waals surface area contributed by atoms with Gasteiger partial charge in [0.1, 0.15) is 5.82 Å². The van der Waals surface area contributed by atoms with E-state index < -0.39 is 11.7 Å². The third-order valence-electron chi connectivity index (χ3n) is 2.89. The number of nitrogens with one attached hydrogen (secondary N) is 2. The van der Waals surface area contributed by atoms with Crippen LogP contribution in [0.25, 0.3) is 0 Å². The lowest BCUT2D eigenvalue weighted by atomic mass is 10.2. The van der Waals surface area contributed by atoms with Crippen LogP contribution in [-0.4, -0.2) is 23.6 Å². The average molecular weight is 293 g/mol. The standard InChI is InChI=1S/C15H20FN3O2/c1-4-10(2)17-14(20)9-11(3)18-19-15(21)12-5-7-13(16)8-6-12/h5-8,10H,4,9H2,1-3H3,(H,17,20)(H,19,21)/t10-/m0/s1. The van der Waals surface area contributed by atoms with Gasteiger partial charge in [0.2, 0.25) is 5.91 Å². The van der Waals surface area contributed by atoms with Crippen LogP contribution in [0.3, 0.4) is 0 Å². The fraction of sp³-hybridized carbons (Fsp3) is 0.400. The smallest absolute Gasteiger partial charge is 0.271 e. The molecule has 1 aromatic rings. The molecule has 0 heterocycles. The number of carbonyl (C=O) groups is 2. The third kappa shape index (κ3) is 6.16. The van der Waals surface area contributed by atoms with E-state index in [4.69, 9.17) is 0 Å². The largest absolute Gasteiger partial charge is 0.353 e. The Bertz CT molecular complexity index is 526. The molecular formula is C15H20FN3O2. The molecule has 114 valence electrons. The number of benzene rings is 1. The molecule has 0 unspecified atom stereocenters. The Kier molecular flexibility index (Phi) is 6.52. The molecule has 1 rings (SSSR count). The molecule has 0 bridgehead atoms. The van der Waals surface area contributed by atoms with Crippen molar-refractivity contribution < 1.29 is 14.0 Å². The summed E-state index contributed by atoms with van der Waals surface area (Å²) < 4.78 is 12.7. The van der Waals surface area contributed by atoms with Crippen LogP contribution >= 0.6 is 0 Å². The van der Waals surface area contributed by atoms with Crippen molar-refractivity contribution >= 4 is 17.5 Å². The molecular weight excluding hydrogens is 273 g/mol. The summed E-state index contributed by atoms with van der Waals surface area (Å²) in [5, 5.41) is 6.67. The highest BCUT2D eigenvalue weighted by atomic mass is 19.1. The molecule has 5 nitrogen and oxygen atoms in total. The van der Waals surface area contributed by atoms with Crippen molar-refractivity contribution in [1.29, 1.82) is 0 Å². The fourth-order valence-corrected chi connectivity index (χ4v) is 1.51. The van der Waals surface area contributed by atoms with Gasteiger partial charge in [-0.2, -0.15) is 5.10 Å². The highest BCUT2D eigenvalue weighted by Gasteiger charge is 2.08. The topological polar surface area (TPSA) is 70.6 Å². The zero-order valence-electron chi connectivity index (χ0n) is 12.4. The van der Waals surface area contributed by atoms with Gasteiger partial charge in [0.15, 0.2) is 0 Å². The van der Waals surface area contributed by atoms with Crippen molar-refractivity contribution in [3.8, 4) is 0 Å². The molecule has 21 heavy (non-hydrogen) atoms. The predicted molar refractivity (Wildman–Crippen MR) is 79.5 cm³/mol. The van der Waals surface area contributed by atoms with E-state index in [2.05, 4.69) is 15.8 Å². The van der Waals surface area contributed by atoms with Gasteiger partial charge in [0.05, 0.1) is 6.42 Å². The van der Waals surface area contributed by atoms with E-state index in [0.717, 1.165) is 6.42 Å². The van der Waals surface area contributed by atoms with Gasteiger partial charge in [-0.05, 0) is 44.5 Å². The van der Waals surface area contributed by atoms with Crippen molar-refractivity contribution in [2.75, 3.05) is 0 Å². The van der Waals surface area contributed by atoms with Crippen molar-refractivity contribution in [2.45, 2.75) is 39.7 Å². The quantitative estimate of drug-likeness (QED) is 0.623. The van der Waals surface area contributed by atoms with Gasteiger partial charge in [0.25, 0.3) is 5.91 Å². The lowest BCUT2D eigenvalue weighted by Crippen LogP contribution is -2.33. The normalized spacial score (nSPS) is 12.7. The van der Waals surface area contributed by atoms with Crippen LogP contribution in [0.1, 0.15) is 44.0 Å². The van der Waals surface area contributed by atoms with Gasteiger partial charge in [-0.1, -0.05) is 6.92 Å². The van der Waals surface area contributed by atoms with Crippen LogP contribution in [0.15, 0.2) is 29.4 Å². The minimum Gasteiger partial charge on any atom is -0.353 e. The van der Waals surface area contributed by atoms with Crippen LogP contribution in [-0.2, 0) is 4.79 Å². The number of carbonyl (C=O) groups excluding carboxylic acids is 2. The van der Waals surface area contributed by atoms with E-state index in [9.17, 15) is 14.0 Å². The Hall–Kier alpha value is -2.24. The molecule has 2 N–H and O–H groups in total. The number of halogens is 1. The van der Waals surface area contributed by atoms with E-state index in [1.807, 2.05) is 13.8 Å². The number of rotatable bonds is 6. The Balaban J connectivity index is 2.49. The minimum absolute atomic E-state index is 0.110. The number of hydrogen-bond donors (Lipinski definition) is 2. The molecule has 0 aliphatic heterocycles. The SMILES string of the molecule is CC[C@H](C)NC(=O)CC(C)=NNC(=O)c1ccc(F)cc1. The number of amides is 2. The Labute approximate surface area is 123 Å². The van der Waals surface area contributed by atoms with Gasteiger partial charge < -0.3 is 5.32 Å². The van der Waals surface area contributed by atoms with E-state index in [1.54, 1.807) is 6.92 Å². The molecule has 0 radical (unpaired) electrons. The highest BCUT2D eigenvalue weighted by molar-refractivity contribution is 6.01. The fourth-order valence-electron chi connectivity index (χ4n) is 1.51. The predicted octanol–water partition coefficient (Wildman–Crippen LogP) is 2.24. The van der Waals surface area contributed by atoms with Crippen molar-refractivity contribution in [1.82, 2.24) is 10.7 Å². The van der Waals surface area contributed by atoms with Crippen molar-refractivity contribution in [2.24, 2.45) is 5.10 Å². The first-order chi connectivity index (χ1) is 9.92. The lowest BCUT2D eigenvalue weighted by molar-refractivity contribution is -0.120. The van der Waals surface area contributed by atoms with Gasteiger partial charge in [-0.25, -0.2) is 9.82 Å². The zero-order valence-corrected chi connectivity index (χ0v) is 12.4. The molecule has 0 saturated heterocycles. The van der Waals surface area contributed by atoms with E-state index >= 15 is 0 Å². The van der Waals surface area contributed by atoms with Crippen LogP contribution in [0.2, 0.25) is 0 Å². The molecule has 0 aromatic heterocycles. The Morgan fingerprint density at radius 3 is 2.48 bits per heavy atom. The number of nitrogens with zero attached hydrogens (tertiary/aromatic N) is 1. The molecule has 2 amide bonds. The van der Waals surface area contributed by atoms with Gasteiger partial charge in [0, 0.05) is 17.3 Å². The third-order valence-corrected chi connectivity index (χ3v) is 2.89. The van der Waals surface area contributed by atoms with Crippen molar-refractivity contribution in [3.63, 3.8) is 0 Å². The molecule has 1 atom stereocenters. The summed E-state index contributed by atoms with van der Waals surface area (Å²) in [5.41, 5.74) is 3.13. The molecule has 6 heteroatoms. The second-order valence-electron chi connectivity index (χ2n) is 4.85. The van der Waals surface area contributed by atoms with Crippen molar-refractivity contribution in [3.05, 3.63) is 35.6 Å². The van der Waals surface area contributed by atoms with Crippen LogP contribution in [0.4, 0.5) is 4.39 Å². The summed E-state index contributed by atoms with van der Waals surface area (Å²) in [6.07, 6.45) is 0.970. The Morgan fingerprint density at radius 1 is 1.29 bits per heavy atom. The summed E-state index contributed by atoms with van der Waals surface area (Å²) in [5.74, 6) is -0.994. The molecule has 0 fully saturated rings. The monoisotopic (exact) mass is 293 g/mol. The second kappa shape index (κ2) is 8.14. The summed E-state index contributed by atoms with van der Waals surface area (Å²) >= 11 is 0. The maximum Gasteiger partial charge on any atom is 0.271 e. The molecule has 0 aliphatic carbocycles. The van der Waals surface area contributed by atoms with Gasteiger partial charge in [-0.15, -0.1) is 0 Å². The lowest BCUT2D eigenvalue weighted by Gasteiger charge is -2.10. The maximum atomic E-state index is 12.7. The molecule has 0 spiro atoms. The van der Waals surface area contributed by atoms with Crippen LogP contribution in [0.5, 0.6) is 0 Å². The van der Waals surface area contributed by atoms with E-state index in [-0.39, 0.29) is 18.4 Å². The first-order valence-corrected chi connectivity index (χ1v) is 6.80. The summed E-state index contributed by atoms with van der Waals surface area (Å²) in [6, 6.07) is 5.24. The first kappa shape index (κ1) is 16.8. The average Bonchev–Trinajstić information content (AvgIpc) is 2.45. The van der Waals surface area contributed by atoms with E-state index in [0.29, 0.717) is 11.3 Å². The summed E-state index contributed by atoms with van der Waals surface area (Å²) in [6.45, 7) is 5.55. The van der Waals surface area contributed by atoms with Crippen LogP contribution in [0, 0.1) is 5.82 Å². The molecule has 1 aromatic carbocycles. The Morgan fingerprint density at radius 2 is 1.90 bits per heavy atom. The summed E-state index contributed by atoms with van der Waals surface area (Å²) in [4.78, 5) is 23.4. The minimum atomic E-state index is -0.448. The van der Waals surface area contributed by atoms with Gasteiger partial charge >= 0.3 is 0 Å². The zero-order chi connectivity index (χ0) is 15.8. The van der Waals surface area contributed by atoms with Gasteiger partial charge in [-0.3, -0.25) is 9.59 Å².